The molecule has 0 saturated carbocycles. The second-order valence-electron chi connectivity index (χ2n) is 5.71. The van der Waals surface area contributed by atoms with Crippen LogP contribution in [0.3, 0.4) is 0 Å². The molecule has 7 heteroatoms. The lowest BCUT2D eigenvalue weighted by atomic mass is 10.1. The van der Waals surface area contributed by atoms with E-state index in [-0.39, 0.29) is 6.04 Å². The van der Waals surface area contributed by atoms with Crippen molar-refractivity contribution in [3.63, 3.8) is 0 Å². The summed E-state index contributed by atoms with van der Waals surface area (Å²) in [5.41, 5.74) is 8.29. The Morgan fingerprint density at radius 2 is 2.08 bits per heavy atom. The number of thiophene rings is 1. The van der Waals surface area contributed by atoms with E-state index in [2.05, 4.69) is 38.5 Å². The van der Waals surface area contributed by atoms with E-state index in [0.717, 1.165) is 32.2 Å². The number of ether oxygens (including phenoxy) is 1. The number of hydrogen-bond acceptors (Lipinski definition) is 5. The van der Waals surface area contributed by atoms with Crippen molar-refractivity contribution in [3.05, 3.63) is 52.6 Å². The molecule has 1 unspecified atom stereocenters. The van der Waals surface area contributed by atoms with Crippen LogP contribution in [-0.4, -0.2) is 29.5 Å². The van der Waals surface area contributed by atoms with E-state index in [4.69, 9.17) is 10.5 Å². The van der Waals surface area contributed by atoms with Crippen LogP contribution in [0.25, 0.3) is 10.6 Å². The molecule has 1 aromatic carbocycles. The van der Waals surface area contributed by atoms with Crippen molar-refractivity contribution in [2.45, 2.75) is 12.5 Å². The third-order valence-electron chi connectivity index (χ3n) is 4.01. The first-order valence-electron chi connectivity index (χ1n) is 7.99. The third-order valence-corrected chi connectivity index (χ3v) is 6.16. The van der Waals surface area contributed by atoms with Crippen LogP contribution >= 0.6 is 27.3 Å². The highest BCUT2D eigenvalue weighted by Gasteiger charge is 2.22. The third kappa shape index (κ3) is 3.89. The maximum absolute atomic E-state index is 6.00. The maximum atomic E-state index is 6.00. The maximum Gasteiger partial charge on any atom is 0.168 e. The van der Waals surface area contributed by atoms with E-state index in [1.807, 2.05) is 36.0 Å². The van der Waals surface area contributed by atoms with Crippen LogP contribution in [0.15, 0.2) is 47.1 Å². The minimum absolute atomic E-state index is 0.126. The predicted octanol–water partition coefficient (Wildman–Crippen LogP) is 3.90. The number of aryl methyl sites for hydroxylation is 1. The van der Waals surface area contributed by atoms with E-state index in [1.54, 1.807) is 24.6 Å². The first-order chi connectivity index (χ1) is 12.1. The standard InChI is InChI=1S/C18H21BrN4OS/c1-23-14(8-9-21-23)17-15(19)16(24-2)18(25-17)22-13(11-20)10-12-6-4-3-5-7-12/h3-9,13,22H,10-11,20H2,1-2H3. The van der Waals surface area contributed by atoms with Crippen molar-refractivity contribution in [2.24, 2.45) is 12.8 Å². The number of nitrogens with zero attached hydrogens (tertiary/aromatic N) is 2. The number of anilines is 1. The van der Waals surface area contributed by atoms with Gasteiger partial charge in [-0.2, -0.15) is 5.10 Å². The van der Waals surface area contributed by atoms with Gasteiger partial charge in [-0.3, -0.25) is 4.68 Å². The van der Waals surface area contributed by atoms with Gasteiger partial charge in [-0.1, -0.05) is 30.3 Å². The number of aromatic nitrogens is 2. The van der Waals surface area contributed by atoms with Gasteiger partial charge in [0.15, 0.2) is 5.75 Å². The lowest BCUT2D eigenvalue weighted by Gasteiger charge is -2.18. The highest BCUT2D eigenvalue weighted by atomic mass is 79.9. The number of nitrogens with one attached hydrogen (secondary N) is 1. The molecule has 0 aliphatic carbocycles. The Kier molecular flexibility index (Phi) is 5.78. The second-order valence-corrected chi connectivity index (χ2v) is 7.53. The monoisotopic (exact) mass is 420 g/mol. The Balaban J connectivity index is 1.87. The van der Waals surface area contributed by atoms with Gasteiger partial charge < -0.3 is 15.8 Å². The highest BCUT2D eigenvalue weighted by molar-refractivity contribution is 9.10. The Hall–Kier alpha value is -1.83. The Morgan fingerprint density at radius 1 is 1.32 bits per heavy atom. The van der Waals surface area contributed by atoms with Gasteiger partial charge in [0.25, 0.3) is 0 Å². The molecule has 2 aromatic heterocycles. The van der Waals surface area contributed by atoms with E-state index < -0.39 is 0 Å². The molecule has 5 nitrogen and oxygen atoms in total. The first kappa shape index (κ1) is 18.0. The molecule has 2 heterocycles. The first-order valence-corrected chi connectivity index (χ1v) is 9.60. The molecule has 3 rings (SSSR count). The molecule has 25 heavy (non-hydrogen) atoms. The van der Waals surface area contributed by atoms with Crippen molar-refractivity contribution in [3.8, 4) is 16.3 Å². The lowest BCUT2D eigenvalue weighted by Crippen LogP contribution is -2.30. The molecule has 0 radical (unpaired) electrons. The van der Waals surface area contributed by atoms with E-state index >= 15 is 0 Å². The van der Waals surface area contributed by atoms with Gasteiger partial charge in [0, 0.05) is 25.8 Å². The van der Waals surface area contributed by atoms with Gasteiger partial charge >= 0.3 is 0 Å². The summed E-state index contributed by atoms with van der Waals surface area (Å²) in [4.78, 5) is 1.08. The number of nitrogens with two attached hydrogens (primary N) is 1. The van der Waals surface area contributed by atoms with Gasteiger partial charge in [0.05, 0.1) is 22.2 Å². The number of halogens is 1. The van der Waals surface area contributed by atoms with Gasteiger partial charge in [0.1, 0.15) is 5.00 Å². The molecule has 0 spiro atoms. The van der Waals surface area contributed by atoms with Crippen molar-refractivity contribution >= 4 is 32.3 Å². The summed E-state index contributed by atoms with van der Waals surface area (Å²) in [6.45, 7) is 0.536. The molecule has 3 aromatic rings. The Bertz CT molecular complexity index is 831. The van der Waals surface area contributed by atoms with Gasteiger partial charge in [0.2, 0.25) is 0 Å². The van der Waals surface area contributed by atoms with Crippen LogP contribution < -0.4 is 15.8 Å². The number of methoxy groups -OCH3 is 1. The minimum Gasteiger partial charge on any atom is -0.492 e. The summed E-state index contributed by atoms with van der Waals surface area (Å²) < 4.78 is 8.40. The van der Waals surface area contributed by atoms with Crippen LogP contribution in [0, 0.1) is 0 Å². The summed E-state index contributed by atoms with van der Waals surface area (Å²) in [7, 11) is 3.61. The topological polar surface area (TPSA) is 65.1 Å². The van der Waals surface area contributed by atoms with Crippen LogP contribution in [0.5, 0.6) is 5.75 Å². The Labute approximate surface area is 159 Å². The zero-order valence-corrected chi connectivity index (χ0v) is 16.6. The molecule has 3 N–H and O–H groups in total. The van der Waals surface area contributed by atoms with Gasteiger partial charge in [-0.25, -0.2) is 0 Å². The smallest absolute Gasteiger partial charge is 0.168 e. The molecule has 132 valence electrons. The molecule has 0 aliphatic heterocycles. The van der Waals surface area contributed by atoms with Crippen molar-refractivity contribution in [2.75, 3.05) is 19.0 Å². The normalized spacial score (nSPS) is 12.2. The van der Waals surface area contributed by atoms with E-state index in [0.29, 0.717) is 6.54 Å². The zero-order valence-electron chi connectivity index (χ0n) is 14.2. The quantitative estimate of drug-likeness (QED) is 0.608. The van der Waals surface area contributed by atoms with Crippen LogP contribution in [0.2, 0.25) is 0 Å². The fraction of sp³-hybridized carbons (Fsp3) is 0.278. The van der Waals surface area contributed by atoms with Crippen molar-refractivity contribution in [1.29, 1.82) is 0 Å². The summed E-state index contributed by atoms with van der Waals surface area (Å²) in [5, 5.41) is 8.77. The average Bonchev–Trinajstić information content (AvgIpc) is 3.18. The average molecular weight is 421 g/mol. The van der Waals surface area contributed by atoms with E-state index in [1.165, 1.54) is 5.56 Å². The van der Waals surface area contributed by atoms with Crippen LogP contribution in [0.4, 0.5) is 5.00 Å². The largest absolute Gasteiger partial charge is 0.492 e. The zero-order chi connectivity index (χ0) is 17.8. The fourth-order valence-corrected chi connectivity index (χ4v) is 4.84. The molecule has 0 bridgehead atoms. The fourth-order valence-electron chi connectivity index (χ4n) is 2.71. The molecule has 0 saturated heterocycles. The summed E-state index contributed by atoms with van der Waals surface area (Å²) in [6, 6.07) is 12.5. The molecule has 0 amide bonds. The molecule has 1 atom stereocenters. The molecule has 0 fully saturated rings. The predicted molar refractivity (Wildman–Crippen MR) is 107 cm³/mol. The number of hydrogen-bond donors (Lipinski definition) is 2. The minimum atomic E-state index is 0.126. The van der Waals surface area contributed by atoms with E-state index in [9.17, 15) is 0 Å². The summed E-state index contributed by atoms with van der Waals surface area (Å²) in [5.74, 6) is 0.799. The number of rotatable bonds is 7. The van der Waals surface area contributed by atoms with Crippen molar-refractivity contribution in [1.82, 2.24) is 9.78 Å². The molecular formula is C18H21BrN4OS. The molecular weight excluding hydrogens is 400 g/mol. The summed E-state index contributed by atoms with van der Waals surface area (Å²) >= 11 is 5.31. The Morgan fingerprint density at radius 3 is 2.68 bits per heavy atom. The van der Waals surface area contributed by atoms with Crippen LogP contribution in [-0.2, 0) is 13.5 Å². The second kappa shape index (κ2) is 8.03. The highest BCUT2D eigenvalue weighted by Crippen LogP contribution is 2.48. The lowest BCUT2D eigenvalue weighted by molar-refractivity contribution is 0.415. The van der Waals surface area contributed by atoms with Crippen LogP contribution in [0.1, 0.15) is 5.56 Å². The van der Waals surface area contributed by atoms with Gasteiger partial charge in [-0.15, -0.1) is 11.3 Å². The number of benzene rings is 1. The SMILES string of the molecule is COc1c(NC(CN)Cc2ccccc2)sc(-c2ccnn2C)c1Br. The molecule has 0 aliphatic rings. The van der Waals surface area contributed by atoms with Gasteiger partial charge in [-0.05, 0) is 34.0 Å². The summed E-state index contributed by atoms with van der Waals surface area (Å²) in [6.07, 6.45) is 2.65. The van der Waals surface area contributed by atoms with Crippen molar-refractivity contribution < 1.29 is 4.74 Å².